The van der Waals surface area contributed by atoms with Crippen LogP contribution in [0.15, 0.2) is 59.3 Å². The Kier molecular flexibility index (Phi) is 7.86. The topological polar surface area (TPSA) is 54.4 Å². The maximum absolute atomic E-state index is 10.6. The first-order valence-corrected chi connectivity index (χ1v) is 5.52. The van der Waals surface area contributed by atoms with Gasteiger partial charge < -0.3 is 5.11 Å². The van der Waals surface area contributed by atoms with Gasteiger partial charge in [-0.2, -0.15) is 0 Å². The molecular formula is C15H18O3. The van der Waals surface area contributed by atoms with E-state index in [0.717, 1.165) is 17.4 Å². The summed E-state index contributed by atoms with van der Waals surface area (Å²) in [7, 11) is 0. The number of carbonyl (C=O) groups is 2. The molecule has 0 unspecified atom stereocenters. The van der Waals surface area contributed by atoms with Crippen molar-refractivity contribution in [3.05, 3.63) is 59.3 Å². The van der Waals surface area contributed by atoms with Gasteiger partial charge >= 0.3 is 5.97 Å². The molecule has 0 aromatic heterocycles. The predicted molar refractivity (Wildman–Crippen MR) is 73.3 cm³/mol. The van der Waals surface area contributed by atoms with E-state index in [4.69, 9.17) is 5.11 Å². The standard InChI is InChI=1S/C15H18O3/c1-12(9-6-10-16)7-4-5-8-13(2)11-14(3)15(17)18/h4-11H,1-3H3,(H,17,18)/b5-4+,9-6+,12-7+,13-8+,14-11+. The molecule has 0 spiro atoms. The average Bonchev–Trinajstić information content (AvgIpc) is 2.31. The van der Waals surface area contributed by atoms with Gasteiger partial charge in [-0.3, -0.25) is 4.79 Å². The molecular weight excluding hydrogens is 228 g/mol. The monoisotopic (exact) mass is 246 g/mol. The second-order valence-electron chi connectivity index (χ2n) is 3.83. The molecule has 0 aliphatic carbocycles. The molecule has 1 N–H and O–H groups in total. The Morgan fingerprint density at radius 1 is 0.944 bits per heavy atom. The van der Waals surface area contributed by atoms with E-state index >= 15 is 0 Å². The van der Waals surface area contributed by atoms with Gasteiger partial charge in [0, 0.05) is 5.57 Å². The van der Waals surface area contributed by atoms with Gasteiger partial charge in [-0.1, -0.05) is 41.5 Å². The van der Waals surface area contributed by atoms with Crippen molar-refractivity contribution in [3.8, 4) is 0 Å². The zero-order valence-corrected chi connectivity index (χ0v) is 10.9. The van der Waals surface area contributed by atoms with E-state index in [1.54, 1.807) is 19.1 Å². The molecule has 0 bridgehead atoms. The highest BCUT2D eigenvalue weighted by molar-refractivity contribution is 5.86. The minimum atomic E-state index is -0.915. The minimum absolute atomic E-state index is 0.304. The van der Waals surface area contributed by atoms with Crippen LogP contribution in [0.3, 0.4) is 0 Å². The summed E-state index contributed by atoms with van der Waals surface area (Å²) in [5.74, 6) is -0.915. The third-order valence-electron chi connectivity index (χ3n) is 2.05. The molecule has 0 fully saturated rings. The molecule has 0 rings (SSSR count). The lowest BCUT2D eigenvalue weighted by Gasteiger charge is -1.93. The number of carboxylic acids is 1. The van der Waals surface area contributed by atoms with E-state index in [1.807, 2.05) is 38.2 Å². The molecule has 0 aliphatic heterocycles. The van der Waals surface area contributed by atoms with Crippen LogP contribution < -0.4 is 0 Å². The summed E-state index contributed by atoms with van der Waals surface area (Å²) in [5.41, 5.74) is 2.13. The summed E-state index contributed by atoms with van der Waals surface area (Å²) in [6.07, 6.45) is 12.8. The molecule has 18 heavy (non-hydrogen) atoms. The average molecular weight is 246 g/mol. The quantitative estimate of drug-likeness (QED) is 0.445. The molecule has 0 radical (unpaired) electrons. The van der Waals surface area contributed by atoms with E-state index in [-0.39, 0.29) is 0 Å². The van der Waals surface area contributed by atoms with Gasteiger partial charge in [-0.05, 0) is 32.9 Å². The first kappa shape index (κ1) is 15.8. The van der Waals surface area contributed by atoms with Gasteiger partial charge in [-0.15, -0.1) is 0 Å². The van der Waals surface area contributed by atoms with Crippen molar-refractivity contribution in [1.29, 1.82) is 0 Å². The molecule has 0 aromatic carbocycles. The highest BCUT2D eigenvalue weighted by atomic mass is 16.4. The van der Waals surface area contributed by atoms with E-state index in [1.165, 1.54) is 6.08 Å². The third-order valence-corrected chi connectivity index (χ3v) is 2.05. The molecule has 0 heterocycles. The van der Waals surface area contributed by atoms with Gasteiger partial charge in [0.15, 0.2) is 0 Å². The molecule has 0 aliphatic rings. The number of carboxylic acid groups (broad SMARTS) is 1. The van der Waals surface area contributed by atoms with Gasteiger partial charge in [0.05, 0.1) is 0 Å². The van der Waals surface area contributed by atoms with E-state index in [9.17, 15) is 9.59 Å². The van der Waals surface area contributed by atoms with Gasteiger partial charge in [0.2, 0.25) is 0 Å². The van der Waals surface area contributed by atoms with Crippen LogP contribution in [0.4, 0.5) is 0 Å². The van der Waals surface area contributed by atoms with Crippen molar-refractivity contribution < 1.29 is 14.7 Å². The first-order valence-electron chi connectivity index (χ1n) is 5.52. The van der Waals surface area contributed by atoms with Crippen LogP contribution >= 0.6 is 0 Å². The summed E-state index contributed by atoms with van der Waals surface area (Å²) in [6, 6.07) is 0. The fraction of sp³-hybridized carbons (Fsp3) is 0.200. The Labute approximate surface area is 108 Å². The largest absolute Gasteiger partial charge is 0.478 e. The zero-order valence-electron chi connectivity index (χ0n) is 10.9. The Bertz CT molecular complexity index is 446. The zero-order chi connectivity index (χ0) is 14.0. The van der Waals surface area contributed by atoms with Crippen molar-refractivity contribution in [3.63, 3.8) is 0 Å². The predicted octanol–water partition coefficient (Wildman–Crippen LogP) is 3.22. The highest BCUT2D eigenvalue weighted by Crippen LogP contribution is 2.02. The van der Waals surface area contributed by atoms with Crippen LogP contribution in [0, 0.1) is 0 Å². The van der Waals surface area contributed by atoms with Crippen molar-refractivity contribution in [2.45, 2.75) is 20.8 Å². The van der Waals surface area contributed by atoms with Crippen LogP contribution in [0.25, 0.3) is 0 Å². The van der Waals surface area contributed by atoms with Crippen molar-refractivity contribution >= 4 is 12.3 Å². The van der Waals surface area contributed by atoms with Crippen molar-refractivity contribution in [1.82, 2.24) is 0 Å². The lowest BCUT2D eigenvalue weighted by atomic mass is 10.2. The van der Waals surface area contributed by atoms with Crippen LogP contribution in [0.1, 0.15) is 20.8 Å². The molecule has 0 saturated heterocycles. The highest BCUT2D eigenvalue weighted by Gasteiger charge is 1.97. The number of allylic oxidation sites excluding steroid dienone is 9. The molecule has 3 nitrogen and oxygen atoms in total. The lowest BCUT2D eigenvalue weighted by molar-refractivity contribution is -0.132. The molecule has 0 aromatic rings. The molecule has 96 valence electrons. The fourth-order valence-electron chi connectivity index (χ4n) is 1.11. The molecule has 0 atom stereocenters. The lowest BCUT2D eigenvalue weighted by Crippen LogP contribution is -1.95. The van der Waals surface area contributed by atoms with Crippen molar-refractivity contribution in [2.75, 3.05) is 0 Å². The van der Waals surface area contributed by atoms with E-state index in [2.05, 4.69) is 0 Å². The van der Waals surface area contributed by atoms with Gasteiger partial charge in [0.25, 0.3) is 0 Å². The third kappa shape index (κ3) is 8.05. The number of aliphatic carboxylic acids is 1. The number of hydrogen-bond donors (Lipinski definition) is 1. The second kappa shape index (κ2) is 8.93. The van der Waals surface area contributed by atoms with Crippen LogP contribution in [-0.4, -0.2) is 17.4 Å². The summed E-state index contributed by atoms with van der Waals surface area (Å²) in [4.78, 5) is 20.7. The Morgan fingerprint density at radius 3 is 2.00 bits per heavy atom. The number of carbonyl (C=O) groups excluding carboxylic acids is 1. The smallest absolute Gasteiger partial charge is 0.331 e. The van der Waals surface area contributed by atoms with Crippen LogP contribution in [0.5, 0.6) is 0 Å². The normalized spacial score (nSPS) is 14.5. The van der Waals surface area contributed by atoms with Gasteiger partial charge in [0.1, 0.15) is 6.29 Å². The Hall–Kier alpha value is -2.16. The van der Waals surface area contributed by atoms with E-state index in [0.29, 0.717) is 5.57 Å². The first-order chi connectivity index (χ1) is 8.47. The molecule has 3 heteroatoms. The second-order valence-corrected chi connectivity index (χ2v) is 3.83. The maximum Gasteiger partial charge on any atom is 0.331 e. The van der Waals surface area contributed by atoms with Crippen LogP contribution in [-0.2, 0) is 9.59 Å². The van der Waals surface area contributed by atoms with E-state index < -0.39 is 5.97 Å². The number of hydrogen-bond acceptors (Lipinski definition) is 2. The summed E-state index contributed by atoms with van der Waals surface area (Å²) in [5, 5.41) is 8.70. The molecule has 0 amide bonds. The SMILES string of the molecule is CC(/C=C/C=O)=C\C=C\C=C(C)\C=C(/C)C(=O)O. The Balaban J connectivity index is 4.55. The van der Waals surface area contributed by atoms with Gasteiger partial charge in [-0.25, -0.2) is 4.79 Å². The Morgan fingerprint density at radius 2 is 1.50 bits per heavy atom. The maximum atomic E-state index is 10.6. The summed E-state index contributed by atoms with van der Waals surface area (Å²) in [6.45, 7) is 5.27. The number of rotatable bonds is 6. The minimum Gasteiger partial charge on any atom is -0.478 e. The summed E-state index contributed by atoms with van der Waals surface area (Å²) >= 11 is 0. The van der Waals surface area contributed by atoms with Crippen LogP contribution in [0.2, 0.25) is 0 Å². The van der Waals surface area contributed by atoms with Crippen molar-refractivity contribution in [2.24, 2.45) is 0 Å². The summed E-state index contributed by atoms with van der Waals surface area (Å²) < 4.78 is 0. The fourth-order valence-corrected chi connectivity index (χ4v) is 1.11. The molecule has 0 saturated carbocycles. The number of aldehydes is 1.